The molecule has 0 radical (unpaired) electrons. The molecule has 4 nitrogen and oxygen atoms in total. The molecule has 0 aliphatic carbocycles. The van der Waals surface area contributed by atoms with Gasteiger partial charge in [-0.1, -0.05) is 17.7 Å². The third-order valence-electron chi connectivity index (χ3n) is 2.99. The van der Waals surface area contributed by atoms with Crippen LogP contribution in [0.15, 0.2) is 18.2 Å². The maximum absolute atomic E-state index is 12.7. The van der Waals surface area contributed by atoms with E-state index in [1.807, 2.05) is 0 Å². The second kappa shape index (κ2) is 5.93. The average molecular weight is 324 g/mol. The fourth-order valence-corrected chi connectivity index (χ4v) is 1.58. The van der Waals surface area contributed by atoms with E-state index in [0.29, 0.717) is 5.56 Å². The molecule has 0 fully saturated rings. The predicted octanol–water partition coefficient (Wildman–Crippen LogP) is 3.24. The fraction of sp³-hybridized carbons (Fsp3) is 0.385. The Morgan fingerprint density at radius 3 is 2.33 bits per heavy atom. The van der Waals surface area contributed by atoms with Crippen molar-refractivity contribution in [2.75, 3.05) is 0 Å². The summed E-state index contributed by atoms with van der Waals surface area (Å²) in [6, 6.07) is 3.93. The zero-order valence-electron chi connectivity index (χ0n) is 11.2. The van der Waals surface area contributed by atoms with Gasteiger partial charge in [0.15, 0.2) is 0 Å². The number of rotatable bonds is 4. The molecule has 0 aromatic heterocycles. The number of carbonyl (C=O) groups excluding carboxylic acids is 1. The van der Waals surface area contributed by atoms with Crippen LogP contribution in [-0.2, 0) is 11.3 Å². The maximum atomic E-state index is 12.7. The van der Waals surface area contributed by atoms with E-state index in [-0.39, 0.29) is 17.1 Å². The van der Waals surface area contributed by atoms with Gasteiger partial charge in [0.25, 0.3) is 0 Å². The van der Waals surface area contributed by atoms with Crippen molar-refractivity contribution >= 4 is 23.5 Å². The minimum atomic E-state index is -4.68. The predicted molar refractivity (Wildman–Crippen MR) is 70.1 cm³/mol. The molecule has 0 saturated heterocycles. The van der Waals surface area contributed by atoms with Gasteiger partial charge in [0.1, 0.15) is 5.41 Å². The van der Waals surface area contributed by atoms with Gasteiger partial charge in [-0.25, -0.2) is 4.79 Å². The number of benzene rings is 1. The molecule has 2 N–H and O–H groups in total. The molecule has 0 heterocycles. The quantitative estimate of drug-likeness (QED) is 0.894. The smallest absolute Gasteiger partial charge is 0.402 e. The number of carboxylic acids is 1. The number of hydrogen-bond donors (Lipinski definition) is 2. The molecule has 0 saturated carbocycles. The van der Waals surface area contributed by atoms with Crippen molar-refractivity contribution in [2.24, 2.45) is 5.41 Å². The Kier molecular flexibility index (Phi) is 4.88. The SMILES string of the molecule is CC(C)(C(=O)NCc1ccc(Cl)c(C(=O)O)c1)C(F)(F)F. The van der Waals surface area contributed by atoms with Gasteiger partial charge in [-0.3, -0.25) is 4.79 Å². The highest BCUT2D eigenvalue weighted by atomic mass is 35.5. The van der Waals surface area contributed by atoms with Crippen LogP contribution in [0, 0.1) is 5.41 Å². The summed E-state index contributed by atoms with van der Waals surface area (Å²) in [5.74, 6) is -2.45. The molecule has 0 bridgehead atoms. The summed E-state index contributed by atoms with van der Waals surface area (Å²) in [5.41, 5.74) is -2.38. The summed E-state index contributed by atoms with van der Waals surface area (Å²) >= 11 is 5.67. The van der Waals surface area contributed by atoms with E-state index < -0.39 is 23.5 Å². The van der Waals surface area contributed by atoms with Gasteiger partial charge in [-0.05, 0) is 31.5 Å². The second-order valence-corrected chi connectivity index (χ2v) is 5.33. The van der Waals surface area contributed by atoms with Crippen molar-refractivity contribution in [1.82, 2.24) is 5.32 Å². The number of carboxylic acid groups (broad SMARTS) is 1. The first-order chi connectivity index (χ1) is 9.46. The maximum Gasteiger partial charge on any atom is 0.402 e. The number of amides is 1. The van der Waals surface area contributed by atoms with Crippen LogP contribution >= 0.6 is 11.6 Å². The van der Waals surface area contributed by atoms with E-state index in [2.05, 4.69) is 5.32 Å². The van der Waals surface area contributed by atoms with Crippen molar-refractivity contribution in [2.45, 2.75) is 26.6 Å². The Balaban J connectivity index is 2.83. The number of nitrogens with one attached hydrogen (secondary N) is 1. The molecule has 0 spiro atoms. The lowest BCUT2D eigenvalue weighted by atomic mass is 9.91. The monoisotopic (exact) mass is 323 g/mol. The molecule has 0 aliphatic rings. The summed E-state index contributed by atoms with van der Waals surface area (Å²) < 4.78 is 38.0. The number of halogens is 4. The standard InChI is InChI=1S/C13H13ClF3NO3/c1-12(2,13(15,16)17)11(21)18-6-7-3-4-9(14)8(5-7)10(19)20/h3-5H,6H2,1-2H3,(H,18,21)(H,19,20). The van der Waals surface area contributed by atoms with Crippen LogP contribution in [0.2, 0.25) is 5.02 Å². The zero-order valence-corrected chi connectivity index (χ0v) is 12.0. The number of aromatic carboxylic acids is 1. The molecule has 1 amide bonds. The molecular weight excluding hydrogens is 311 g/mol. The molecule has 0 atom stereocenters. The van der Waals surface area contributed by atoms with E-state index >= 15 is 0 Å². The number of alkyl halides is 3. The van der Waals surface area contributed by atoms with Crippen molar-refractivity contribution in [3.05, 3.63) is 34.3 Å². The van der Waals surface area contributed by atoms with Crippen molar-refractivity contribution in [1.29, 1.82) is 0 Å². The van der Waals surface area contributed by atoms with E-state index in [9.17, 15) is 22.8 Å². The van der Waals surface area contributed by atoms with Gasteiger partial charge >= 0.3 is 12.1 Å². The summed E-state index contributed by atoms with van der Waals surface area (Å²) in [4.78, 5) is 22.5. The van der Waals surface area contributed by atoms with E-state index in [1.54, 1.807) is 0 Å². The van der Waals surface area contributed by atoms with E-state index in [4.69, 9.17) is 16.7 Å². The Hall–Kier alpha value is -1.76. The first kappa shape index (κ1) is 17.3. The molecule has 1 aromatic rings. The molecule has 0 aliphatic heterocycles. The van der Waals surface area contributed by atoms with Crippen LogP contribution in [0.5, 0.6) is 0 Å². The molecule has 116 valence electrons. The Bertz CT molecular complexity index is 570. The van der Waals surface area contributed by atoms with Crippen LogP contribution in [0.1, 0.15) is 29.8 Å². The van der Waals surface area contributed by atoms with Crippen LogP contribution < -0.4 is 5.32 Å². The van der Waals surface area contributed by atoms with Gasteiger partial charge < -0.3 is 10.4 Å². The van der Waals surface area contributed by atoms with Gasteiger partial charge in [-0.15, -0.1) is 0 Å². The molecule has 1 aromatic carbocycles. The molecule has 21 heavy (non-hydrogen) atoms. The summed E-state index contributed by atoms with van der Waals surface area (Å²) in [5, 5.41) is 11.0. The van der Waals surface area contributed by atoms with Crippen molar-refractivity contribution < 1.29 is 27.9 Å². The average Bonchev–Trinajstić information content (AvgIpc) is 2.35. The summed E-state index contributed by atoms with van der Waals surface area (Å²) in [6.45, 7) is 1.32. The number of carbonyl (C=O) groups is 2. The minimum absolute atomic E-state index is 0.00759. The zero-order chi connectivity index (χ0) is 16.4. The molecule has 1 rings (SSSR count). The molecular formula is C13H13ClF3NO3. The van der Waals surface area contributed by atoms with Gasteiger partial charge in [0, 0.05) is 6.54 Å². The van der Waals surface area contributed by atoms with Gasteiger partial charge in [0.2, 0.25) is 5.91 Å². The second-order valence-electron chi connectivity index (χ2n) is 4.92. The van der Waals surface area contributed by atoms with Crippen LogP contribution in [0.4, 0.5) is 13.2 Å². The third-order valence-corrected chi connectivity index (χ3v) is 3.32. The first-order valence-corrected chi connectivity index (χ1v) is 6.21. The first-order valence-electron chi connectivity index (χ1n) is 5.83. The highest BCUT2D eigenvalue weighted by Gasteiger charge is 2.52. The summed E-state index contributed by atoms with van der Waals surface area (Å²) in [6.07, 6.45) is -4.68. The Morgan fingerprint density at radius 2 is 1.86 bits per heavy atom. The lowest BCUT2D eigenvalue weighted by molar-refractivity contribution is -0.211. The Labute approximate surface area is 123 Å². The lowest BCUT2D eigenvalue weighted by Gasteiger charge is -2.26. The highest BCUT2D eigenvalue weighted by Crippen LogP contribution is 2.37. The van der Waals surface area contributed by atoms with Crippen molar-refractivity contribution in [3.8, 4) is 0 Å². The third kappa shape index (κ3) is 3.87. The number of hydrogen-bond acceptors (Lipinski definition) is 2. The minimum Gasteiger partial charge on any atom is -0.478 e. The van der Waals surface area contributed by atoms with Crippen LogP contribution in [0.25, 0.3) is 0 Å². The van der Waals surface area contributed by atoms with Gasteiger partial charge in [-0.2, -0.15) is 13.2 Å². The fourth-order valence-electron chi connectivity index (χ4n) is 1.38. The normalized spacial score (nSPS) is 12.1. The molecule has 8 heteroatoms. The van der Waals surface area contributed by atoms with Gasteiger partial charge in [0.05, 0.1) is 10.6 Å². The van der Waals surface area contributed by atoms with Crippen molar-refractivity contribution in [3.63, 3.8) is 0 Å². The lowest BCUT2D eigenvalue weighted by Crippen LogP contribution is -2.46. The summed E-state index contributed by atoms with van der Waals surface area (Å²) in [7, 11) is 0. The van der Waals surface area contributed by atoms with Crippen LogP contribution in [-0.4, -0.2) is 23.2 Å². The van der Waals surface area contributed by atoms with E-state index in [0.717, 1.165) is 13.8 Å². The van der Waals surface area contributed by atoms with Crippen LogP contribution in [0.3, 0.4) is 0 Å². The van der Waals surface area contributed by atoms with E-state index in [1.165, 1.54) is 18.2 Å². The highest BCUT2D eigenvalue weighted by molar-refractivity contribution is 6.33. The Morgan fingerprint density at radius 1 is 1.29 bits per heavy atom. The molecule has 0 unspecified atom stereocenters. The largest absolute Gasteiger partial charge is 0.478 e. The topological polar surface area (TPSA) is 66.4 Å².